The topological polar surface area (TPSA) is 52.3 Å². The van der Waals surface area contributed by atoms with Crippen LogP contribution in [-0.4, -0.2) is 12.5 Å². The summed E-state index contributed by atoms with van der Waals surface area (Å²) in [6.45, 7) is 0.390. The minimum atomic E-state index is -0.499. The third kappa shape index (κ3) is 2.53. The fourth-order valence-corrected chi connectivity index (χ4v) is 1.02. The van der Waals surface area contributed by atoms with Gasteiger partial charge in [-0.2, -0.15) is 0 Å². The number of amides is 1. The Morgan fingerprint density at radius 1 is 1.50 bits per heavy atom. The van der Waals surface area contributed by atoms with Crippen LogP contribution in [0.25, 0.3) is 0 Å². The Hall–Kier alpha value is -1.95. The predicted octanol–water partition coefficient (Wildman–Crippen LogP) is 1.19. The van der Waals surface area contributed by atoms with Gasteiger partial charge in [-0.1, -0.05) is 12.1 Å². The Kier molecular flexibility index (Phi) is 3.57. The maximum absolute atomic E-state index is 11.0. The summed E-state index contributed by atoms with van der Waals surface area (Å²) >= 11 is 0. The summed E-state index contributed by atoms with van der Waals surface area (Å²) in [4.78, 5) is 11.0. The van der Waals surface area contributed by atoms with Crippen LogP contribution in [0.2, 0.25) is 0 Å². The highest BCUT2D eigenvalue weighted by Gasteiger charge is 2.06. The summed E-state index contributed by atoms with van der Waals surface area (Å²) in [5.41, 5.74) is 5.54. The first-order chi connectivity index (χ1) is 6.75. The molecule has 1 amide bonds. The van der Waals surface area contributed by atoms with Gasteiger partial charge in [0.05, 0.1) is 12.2 Å². The van der Waals surface area contributed by atoms with Gasteiger partial charge >= 0.3 is 0 Å². The quantitative estimate of drug-likeness (QED) is 0.571. The molecule has 1 aromatic carbocycles. The molecule has 3 nitrogen and oxygen atoms in total. The molecule has 0 atom stereocenters. The number of hydrogen-bond acceptors (Lipinski definition) is 2. The van der Waals surface area contributed by atoms with Crippen LogP contribution in [0.1, 0.15) is 16.8 Å². The van der Waals surface area contributed by atoms with E-state index >= 15 is 0 Å². The molecule has 0 saturated carbocycles. The van der Waals surface area contributed by atoms with Gasteiger partial charge in [-0.25, -0.2) is 0 Å². The fraction of sp³-hybridized carbons (Fsp3) is 0.182. The summed E-state index contributed by atoms with van der Waals surface area (Å²) in [6, 6.07) is 6.82. The van der Waals surface area contributed by atoms with E-state index in [1.165, 1.54) is 0 Å². The van der Waals surface area contributed by atoms with Crippen LogP contribution in [0.4, 0.5) is 0 Å². The second-order valence-electron chi connectivity index (χ2n) is 2.66. The normalized spacial score (nSPS) is 9.07. The number of para-hydroxylation sites is 1. The number of nitrogens with two attached hydrogens (primary N) is 1. The van der Waals surface area contributed by atoms with E-state index in [0.29, 0.717) is 24.3 Å². The molecule has 0 heterocycles. The number of rotatable bonds is 4. The number of hydrogen-bond donors (Lipinski definition) is 1. The lowest BCUT2D eigenvalue weighted by Gasteiger charge is -2.07. The van der Waals surface area contributed by atoms with Gasteiger partial charge in [-0.3, -0.25) is 4.79 Å². The molecule has 1 aromatic rings. The Bertz CT molecular complexity index is 366. The van der Waals surface area contributed by atoms with Crippen molar-refractivity contribution in [2.75, 3.05) is 6.61 Å². The van der Waals surface area contributed by atoms with Gasteiger partial charge in [0.25, 0.3) is 5.91 Å². The highest BCUT2D eigenvalue weighted by Crippen LogP contribution is 2.16. The zero-order valence-electron chi connectivity index (χ0n) is 7.69. The first-order valence-corrected chi connectivity index (χ1v) is 4.21. The van der Waals surface area contributed by atoms with Gasteiger partial charge in [0.2, 0.25) is 0 Å². The maximum Gasteiger partial charge on any atom is 0.252 e. The average Bonchev–Trinajstić information content (AvgIpc) is 2.19. The zero-order valence-corrected chi connectivity index (χ0v) is 7.69. The van der Waals surface area contributed by atoms with Crippen molar-refractivity contribution < 1.29 is 9.53 Å². The number of carbonyl (C=O) groups excluding carboxylic acids is 1. The van der Waals surface area contributed by atoms with Crippen molar-refractivity contribution in [3.05, 3.63) is 29.8 Å². The SMILES string of the molecule is C#CCCOc1ccccc1C(N)=O. The number of ether oxygens (including phenoxy) is 1. The monoisotopic (exact) mass is 189 g/mol. The lowest BCUT2D eigenvalue weighted by Crippen LogP contribution is -2.13. The summed E-state index contributed by atoms with van der Waals surface area (Å²) < 4.78 is 5.30. The van der Waals surface area contributed by atoms with Crippen LogP contribution in [0.5, 0.6) is 5.75 Å². The van der Waals surface area contributed by atoms with Crippen molar-refractivity contribution >= 4 is 5.91 Å². The average molecular weight is 189 g/mol. The summed E-state index contributed by atoms with van der Waals surface area (Å²) in [5, 5.41) is 0. The van der Waals surface area contributed by atoms with Crippen LogP contribution in [-0.2, 0) is 0 Å². The van der Waals surface area contributed by atoms with Crippen molar-refractivity contribution in [1.29, 1.82) is 0 Å². The van der Waals surface area contributed by atoms with Gasteiger partial charge in [0.1, 0.15) is 5.75 Å². The van der Waals surface area contributed by atoms with Gasteiger partial charge < -0.3 is 10.5 Å². The molecule has 0 unspecified atom stereocenters. The molecule has 2 N–H and O–H groups in total. The van der Waals surface area contributed by atoms with Crippen LogP contribution in [0.15, 0.2) is 24.3 Å². The van der Waals surface area contributed by atoms with Crippen molar-refractivity contribution in [2.24, 2.45) is 5.73 Å². The molecule has 0 bridgehead atoms. The van der Waals surface area contributed by atoms with Crippen LogP contribution < -0.4 is 10.5 Å². The van der Waals surface area contributed by atoms with E-state index in [9.17, 15) is 4.79 Å². The first-order valence-electron chi connectivity index (χ1n) is 4.21. The van der Waals surface area contributed by atoms with Crippen molar-refractivity contribution in [1.82, 2.24) is 0 Å². The Balaban J connectivity index is 2.75. The van der Waals surface area contributed by atoms with Gasteiger partial charge in [0.15, 0.2) is 0 Å². The first kappa shape index (κ1) is 10.1. The third-order valence-corrected chi connectivity index (χ3v) is 1.66. The molecule has 1 rings (SSSR count). The number of primary amides is 1. The summed E-state index contributed by atoms with van der Waals surface area (Å²) in [7, 11) is 0. The molecule has 0 aromatic heterocycles. The molecule has 0 aliphatic carbocycles. The second-order valence-corrected chi connectivity index (χ2v) is 2.66. The second kappa shape index (κ2) is 4.93. The number of carbonyl (C=O) groups is 1. The zero-order chi connectivity index (χ0) is 10.4. The van der Waals surface area contributed by atoms with Crippen LogP contribution >= 0.6 is 0 Å². The molecule has 0 radical (unpaired) electrons. The van der Waals surface area contributed by atoms with Crippen LogP contribution in [0, 0.1) is 12.3 Å². The van der Waals surface area contributed by atoms with Crippen molar-refractivity contribution in [2.45, 2.75) is 6.42 Å². The summed E-state index contributed by atoms with van der Waals surface area (Å²) in [5.74, 6) is 2.43. The predicted molar refractivity (Wildman–Crippen MR) is 53.9 cm³/mol. The largest absolute Gasteiger partial charge is 0.492 e. The van der Waals surface area contributed by atoms with E-state index in [0.717, 1.165) is 0 Å². The summed E-state index contributed by atoms with van der Waals surface area (Å²) in [6.07, 6.45) is 5.58. The van der Waals surface area contributed by atoms with E-state index in [-0.39, 0.29) is 0 Å². The molecule has 0 aliphatic rings. The fourth-order valence-electron chi connectivity index (χ4n) is 1.02. The van der Waals surface area contributed by atoms with Crippen LogP contribution in [0.3, 0.4) is 0 Å². The molecule has 0 aliphatic heterocycles. The molecular weight excluding hydrogens is 178 g/mol. The number of terminal acetylenes is 1. The molecular formula is C11H11NO2. The smallest absolute Gasteiger partial charge is 0.252 e. The lowest BCUT2D eigenvalue weighted by atomic mass is 10.2. The Labute approximate surface area is 82.9 Å². The third-order valence-electron chi connectivity index (χ3n) is 1.66. The highest BCUT2D eigenvalue weighted by atomic mass is 16.5. The van der Waals surface area contributed by atoms with E-state index in [1.54, 1.807) is 24.3 Å². The Morgan fingerprint density at radius 3 is 2.86 bits per heavy atom. The number of benzene rings is 1. The van der Waals surface area contributed by atoms with Gasteiger partial charge in [0, 0.05) is 6.42 Å². The molecule has 0 spiro atoms. The molecule has 72 valence electrons. The van der Waals surface area contributed by atoms with E-state index in [1.807, 2.05) is 0 Å². The molecule has 3 heteroatoms. The van der Waals surface area contributed by atoms with E-state index in [4.69, 9.17) is 16.9 Å². The van der Waals surface area contributed by atoms with Crippen molar-refractivity contribution in [3.63, 3.8) is 0 Å². The highest BCUT2D eigenvalue weighted by molar-refractivity contribution is 5.95. The van der Waals surface area contributed by atoms with E-state index < -0.39 is 5.91 Å². The molecule has 0 saturated heterocycles. The maximum atomic E-state index is 11.0. The van der Waals surface area contributed by atoms with E-state index in [2.05, 4.69) is 5.92 Å². The van der Waals surface area contributed by atoms with Crippen molar-refractivity contribution in [3.8, 4) is 18.1 Å². The molecule has 14 heavy (non-hydrogen) atoms. The minimum Gasteiger partial charge on any atom is -0.492 e. The van der Waals surface area contributed by atoms with Gasteiger partial charge in [-0.15, -0.1) is 12.3 Å². The standard InChI is InChI=1S/C11H11NO2/c1-2-3-8-14-10-7-5-4-6-9(10)11(12)13/h1,4-7H,3,8H2,(H2,12,13). The Morgan fingerprint density at radius 2 is 2.21 bits per heavy atom. The lowest BCUT2D eigenvalue weighted by molar-refractivity contribution is 0.0996. The molecule has 0 fully saturated rings. The minimum absolute atomic E-state index is 0.379. The van der Waals surface area contributed by atoms with Gasteiger partial charge in [-0.05, 0) is 12.1 Å².